The van der Waals surface area contributed by atoms with E-state index in [2.05, 4.69) is 65.0 Å². The topological polar surface area (TPSA) is 193 Å². The van der Waals surface area contributed by atoms with Gasteiger partial charge in [0.15, 0.2) is 0 Å². The molecule has 2 fully saturated rings. The lowest BCUT2D eigenvalue weighted by molar-refractivity contribution is -0.164. The minimum Gasteiger partial charge on any atom is -0.489 e. The molecule has 3 aromatic carbocycles. The SMILES string of the molecule is Cc1nccn1-c1ccc([C@H](C)NC(=O)[C@@H]2CCCN2C(=O)C(NC(=O)COCCNc2ccc(-c3ccc(C(=O)N[C@H]4C(C)(C)[C@H](Oc5ccc(C#N)c(Cl)c5)C4(C)C)cc3)cn2)C(C)(C)C)cc1. The Balaban J connectivity index is 0.838. The molecule has 7 rings (SSSR count). The third-order valence-corrected chi connectivity index (χ3v) is 13.9. The number of carbonyl (C=O) groups is 4. The number of aryl methyl sites for hydroxylation is 1. The minimum atomic E-state index is -0.868. The normalized spacial score (nSPS) is 18.9. The standard InChI is InChI=1S/C54H64ClN9O6/c1-33(35-16-20-40(21-17-35)63-27-24-57-34(63)2)60-48(67)43-11-10-26-64(43)49(68)46(52(3,4)5)61-45(65)32-69-28-25-58-44-23-19-39(31-59-44)36-12-14-37(15-13-36)47(66)62-50-53(6,7)51(54(50,8)9)70-41-22-18-38(30-56)42(55)29-41/h12-24,27,29,31,33,43,46,50-51H,10-11,25-26,28,32H2,1-9H3,(H,58,59)(H,60,67)(H,61,65)(H,62,66)/t33-,43-,46?,50-,51-/m0/s1. The summed E-state index contributed by atoms with van der Waals surface area (Å²) < 4.78 is 14.0. The highest BCUT2D eigenvalue weighted by molar-refractivity contribution is 6.31. The summed E-state index contributed by atoms with van der Waals surface area (Å²) in [6.45, 7) is 18.6. The number of halogens is 1. The van der Waals surface area contributed by atoms with Crippen molar-refractivity contribution in [3.05, 3.63) is 125 Å². The Kier molecular flexibility index (Phi) is 15.4. The number of carbonyl (C=O) groups excluding carboxylic acids is 4. The lowest BCUT2D eigenvalue weighted by atomic mass is 9.49. The van der Waals surface area contributed by atoms with Gasteiger partial charge in [0.05, 0.1) is 23.2 Å². The van der Waals surface area contributed by atoms with E-state index in [0.717, 1.165) is 28.2 Å². The number of hydrogen-bond acceptors (Lipinski definition) is 10. The van der Waals surface area contributed by atoms with Crippen LogP contribution in [-0.2, 0) is 19.1 Å². The molecule has 4 amide bonds. The van der Waals surface area contributed by atoms with Crippen LogP contribution in [-0.4, -0.2) is 93.6 Å². The lowest BCUT2D eigenvalue weighted by Crippen LogP contribution is -2.74. The van der Waals surface area contributed by atoms with E-state index in [1.807, 2.05) is 93.9 Å². The number of imidazole rings is 1. The summed E-state index contributed by atoms with van der Waals surface area (Å²) >= 11 is 6.25. The van der Waals surface area contributed by atoms with E-state index in [9.17, 15) is 24.4 Å². The maximum absolute atomic E-state index is 14.1. The van der Waals surface area contributed by atoms with E-state index in [4.69, 9.17) is 21.1 Å². The highest BCUT2D eigenvalue weighted by atomic mass is 35.5. The summed E-state index contributed by atoms with van der Waals surface area (Å²) in [5, 5.41) is 22.0. The zero-order chi connectivity index (χ0) is 50.5. The smallest absolute Gasteiger partial charge is 0.251 e. The number of nitrogens with one attached hydrogen (secondary N) is 4. The van der Waals surface area contributed by atoms with Gasteiger partial charge in [-0.1, -0.05) is 84.3 Å². The van der Waals surface area contributed by atoms with Gasteiger partial charge < -0.3 is 40.2 Å². The Labute approximate surface area is 415 Å². The molecule has 0 spiro atoms. The molecule has 2 aromatic heterocycles. The number of benzene rings is 3. The van der Waals surface area contributed by atoms with E-state index in [1.165, 1.54) is 0 Å². The molecule has 4 N–H and O–H groups in total. The van der Waals surface area contributed by atoms with Crippen LogP contribution in [0.2, 0.25) is 5.02 Å². The van der Waals surface area contributed by atoms with Gasteiger partial charge in [-0.05, 0) is 91.8 Å². The monoisotopic (exact) mass is 969 g/mol. The van der Waals surface area contributed by atoms with Crippen molar-refractivity contribution < 1.29 is 28.7 Å². The van der Waals surface area contributed by atoms with Gasteiger partial charge in [0.2, 0.25) is 17.7 Å². The average molecular weight is 971 g/mol. The van der Waals surface area contributed by atoms with Crippen molar-refractivity contribution in [1.82, 2.24) is 35.4 Å². The van der Waals surface area contributed by atoms with Crippen molar-refractivity contribution >= 4 is 41.0 Å². The second-order valence-corrected chi connectivity index (χ2v) is 20.9. The number of nitrogens with zero attached hydrogens (tertiary/aromatic N) is 5. The molecule has 1 aliphatic heterocycles. The molecule has 16 heteroatoms. The predicted molar refractivity (Wildman–Crippen MR) is 269 cm³/mol. The zero-order valence-corrected chi connectivity index (χ0v) is 42.2. The number of rotatable bonds is 17. The molecular weight excluding hydrogens is 906 g/mol. The number of ether oxygens (including phenoxy) is 2. The highest BCUT2D eigenvalue weighted by Gasteiger charge is 2.64. The van der Waals surface area contributed by atoms with Gasteiger partial charge in [0.1, 0.15) is 48.3 Å². The van der Waals surface area contributed by atoms with Gasteiger partial charge in [0, 0.05) is 71.4 Å². The maximum atomic E-state index is 14.1. The second-order valence-electron chi connectivity index (χ2n) is 20.5. The zero-order valence-electron chi connectivity index (χ0n) is 41.4. The molecule has 70 heavy (non-hydrogen) atoms. The van der Waals surface area contributed by atoms with Crippen LogP contribution in [0.25, 0.3) is 16.8 Å². The average Bonchev–Trinajstić information content (AvgIpc) is 4.01. The van der Waals surface area contributed by atoms with Crippen LogP contribution in [0.3, 0.4) is 0 Å². The molecule has 1 unspecified atom stereocenters. The molecule has 1 saturated carbocycles. The molecule has 5 aromatic rings. The fourth-order valence-corrected chi connectivity index (χ4v) is 10.2. The van der Waals surface area contributed by atoms with Gasteiger partial charge in [-0.15, -0.1) is 0 Å². The molecular formula is C54H64ClN9O6. The summed E-state index contributed by atoms with van der Waals surface area (Å²) in [7, 11) is 0. The van der Waals surface area contributed by atoms with Crippen molar-refractivity contribution in [2.45, 2.75) is 105 Å². The van der Waals surface area contributed by atoms with Crippen molar-refractivity contribution in [3.63, 3.8) is 0 Å². The van der Waals surface area contributed by atoms with Crippen LogP contribution < -0.4 is 26.0 Å². The second kappa shape index (κ2) is 21.1. The highest BCUT2D eigenvalue weighted by Crippen LogP contribution is 2.55. The summed E-state index contributed by atoms with van der Waals surface area (Å²) in [5.74, 6) is 0.950. The number of amides is 4. The van der Waals surface area contributed by atoms with Crippen LogP contribution in [0.4, 0.5) is 5.82 Å². The van der Waals surface area contributed by atoms with Crippen molar-refractivity contribution in [1.29, 1.82) is 5.26 Å². The van der Waals surface area contributed by atoms with Crippen molar-refractivity contribution in [2.75, 3.05) is 31.6 Å². The minimum absolute atomic E-state index is 0.171. The number of nitriles is 1. The quantitative estimate of drug-likeness (QED) is 0.0661. The first-order valence-electron chi connectivity index (χ1n) is 23.7. The fourth-order valence-electron chi connectivity index (χ4n) is 10.00. The summed E-state index contributed by atoms with van der Waals surface area (Å²) in [5.41, 5.74) is 3.18. The van der Waals surface area contributed by atoms with Gasteiger partial charge in [-0.3, -0.25) is 19.2 Å². The molecule has 2 aliphatic rings. The molecule has 1 aliphatic carbocycles. The van der Waals surface area contributed by atoms with Crippen LogP contribution >= 0.6 is 11.6 Å². The van der Waals surface area contributed by atoms with E-state index in [0.29, 0.717) is 53.6 Å². The summed E-state index contributed by atoms with van der Waals surface area (Å²) in [6, 6.07) is 24.2. The number of hydrogen-bond donors (Lipinski definition) is 4. The maximum Gasteiger partial charge on any atom is 0.251 e. The lowest BCUT2D eigenvalue weighted by Gasteiger charge is -2.63. The number of likely N-dealkylation sites (tertiary alicyclic amines) is 1. The van der Waals surface area contributed by atoms with Crippen LogP contribution in [0, 0.1) is 34.5 Å². The first-order valence-corrected chi connectivity index (χ1v) is 24.1. The Morgan fingerprint density at radius 1 is 0.929 bits per heavy atom. The van der Waals surface area contributed by atoms with Gasteiger partial charge in [-0.2, -0.15) is 5.26 Å². The van der Waals surface area contributed by atoms with Crippen LogP contribution in [0.15, 0.2) is 97.5 Å². The molecule has 0 radical (unpaired) electrons. The fraction of sp³-hybridized carbons (Fsp3) is 0.426. The Morgan fingerprint density at radius 2 is 1.63 bits per heavy atom. The van der Waals surface area contributed by atoms with Crippen molar-refractivity contribution in [3.8, 4) is 28.6 Å². The molecule has 3 heterocycles. The van der Waals surface area contributed by atoms with Gasteiger partial charge >= 0.3 is 0 Å². The predicted octanol–water partition coefficient (Wildman–Crippen LogP) is 8.21. The molecule has 0 bridgehead atoms. The van der Waals surface area contributed by atoms with E-state index in [-0.39, 0.29) is 49.1 Å². The molecule has 1 saturated heterocycles. The first kappa shape index (κ1) is 51.1. The Morgan fingerprint density at radius 3 is 2.24 bits per heavy atom. The third-order valence-electron chi connectivity index (χ3n) is 13.6. The molecule has 3 atom stereocenters. The number of anilines is 1. The van der Waals surface area contributed by atoms with Crippen molar-refractivity contribution in [2.24, 2.45) is 16.2 Å². The van der Waals surface area contributed by atoms with Gasteiger partial charge in [0.25, 0.3) is 5.91 Å². The number of aromatic nitrogens is 3. The van der Waals surface area contributed by atoms with E-state index < -0.39 is 34.2 Å². The van der Waals surface area contributed by atoms with Gasteiger partial charge in [-0.25, -0.2) is 9.97 Å². The number of pyridine rings is 1. The largest absolute Gasteiger partial charge is 0.489 e. The van der Waals surface area contributed by atoms with E-state index >= 15 is 0 Å². The summed E-state index contributed by atoms with van der Waals surface area (Å²) in [6.07, 6.45) is 6.40. The third kappa shape index (κ3) is 11.3. The Hall–Kier alpha value is -6.76. The van der Waals surface area contributed by atoms with Crippen LogP contribution in [0.1, 0.15) is 102 Å². The van der Waals surface area contributed by atoms with E-state index in [1.54, 1.807) is 47.6 Å². The molecule has 368 valence electrons. The summed E-state index contributed by atoms with van der Waals surface area (Å²) in [4.78, 5) is 64.8. The first-order chi connectivity index (χ1) is 33.2. The molecule has 15 nitrogen and oxygen atoms in total. The Bertz CT molecular complexity index is 2710. The van der Waals surface area contributed by atoms with Crippen LogP contribution in [0.5, 0.6) is 5.75 Å².